The second kappa shape index (κ2) is 6.21. The SMILES string of the molecule is C=S(C)(=O)Nc1ccc2ncnc(Nc3cc(O)c(C)cc3F)c2c1. The second-order valence-corrected chi connectivity index (χ2v) is 8.02. The molecule has 1 atom stereocenters. The molecule has 8 heteroatoms. The Morgan fingerprint density at radius 1 is 1.24 bits per heavy atom. The average molecular weight is 360 g/mol. The Kier molecular flexibility index (Phi) is 4.22. The van der Waals surface area contributed by atoms with Crippen LogP contribution in [0.15, 0.2) is 36.7 Å². The van der Waals surface area contributed by atoms with Gasteiger partial charge in [0, 0.05) is 33.1 Å². The number of aromatic nitrogens is 2. The van der Waals surface area contributed by atoms with Crippen LogP contribution in [0.5, 0.6) is 5.75 Å². The maximum absolute atomic E-state index is 14.1. The third-order valence-electron chi connectivity index (χ3n) is 3.51. The first-order valence-corrected chi connectivity index (χ1v) is 9.47. The van der Waals surface area contributed by atoms with E-state index in [0.29, 0.717) is 28.0 Å². The fourth-order valence-corrected chi connectivity index (χ4v) is 2.98. The minimum Gasteiger partial charge on any atom is -0.508 e. The van der Waals surface area contributed by atoms with Gasteiger partial charge in [-0.3, -0.25) is 0 Å². The fourth-order valence-electron chi connectivity index (χ4n) is 2.35. The maximum Gasteiger partial charge on any atom is 0.147 e. The quantitative estimate of drug-likeness (QED) is 0.622. The second-order valence-electron chi connectivity index (χ2n) is 5.80. The van der Waals surface area contributed by atoms with Gasteiger partial charge in [-0.05, 0) is 42.6 Å². The standard InChI is InChI=1S/C17H17FN4O2S/c1-10-6-13(18)15(8-16(10)23)21-17-12-7-11(22-25(2,3)24)4-5-14(12)19-9-20-17/h4-9,23H,2H2,1,3H3,(H,22,24)(H,19,20,21). The first-order valence-electron chi connectivity index (χ1n) is 7.34. The van der Waals surface area contributed by atoms with Crippen molar-refractivity contribution in [3.05, 3.63) is 48.0 Å². The summed E-state index contributed by atoms with van der Waals surface area (Å²) < 4.78 is 28.8. The summed E-state index contributed by atoms with van der Waals surface area (Å²) in [6, 6.07) is 7.71. The summed E-state index contributed by atoms with van der Waals surface area (Å²) in [5, 5.41) is 13.3. The number of phenols is 1. The molecule has 6 nitrogen and oxygen atoms in total. The number of rotatable bonds is 4. The lowest BCUT2D eigenvalue weighted by atomic mass is 10.1. The molecule has 0 aliphatic carbocycles. The van der Waals surface area contributed by atoms with Crippen molar-refractivity contribution in [2.24, 2.45) is 0 Å². The average Bonchev–Trinajstić information content (AvgIpc) is 2.51. The summed E-state index contributed by atoms with van der Waals surface area (Å²) in [7, 11) is -2.44. The van der Waals surface area contributed by atoms with E-state index in [2.05, 4.69) is 25.9 Å². The van der Waals surface area contributed by atoms with Gasteiger partial charge in [0.15, 0.2) is 0 Å². The Morgan fingerprint density at radius 2 is 2.00 bits per heavy atom. The third kappa shape index (κ3) is 3.80. The summed E-state index contributed by atoms with van der Waals surface area (Å²) in [5.41, 5.74) is 1.75. The van der Waals surface area contributed by atoms with E-state index in [1.54, 1.807) is 25.1 Å². The lowest BCUT2D eigenvalue weighted by Crippen LogP contribution is -2.09. The molecule has 3 N–H and O–H groups in total. The van der Waals surface area contributed by atoms with Gasteiger partial charge in [0.1, 0.15) is 23.7 Å². The number of aryl methyl sites for hydroxylation is 1. The van der Waals surface area contributed by atoms with Crippen LogP contribution in [-0.2, 0) is 9.71 Å². The van der Waals surface area contributed by atoms with Gasteiger partial charge >= 0.3 is 0 Å². The van der Waals surface area contributed by atoms with Crippen molar-refractivity contribution >= 4 is 43.7 Å². The van der Waals surface area contributed by atoms with Crippen LogP contribution < -0.4 is 10.0 Å². The van der Waals surface area contributed by atoms with Crippen LogP contribution in [0.4, 0.5) is 21.6 Å². The van der Waals surface area contributed by atoms with E-state index >= 15 is 0 Å². The van der Waals surface area contributed by atoms with Gasteiger partial charge in [-0.2, -0.15) is 0 Å². The molecular weight excluding hydrogens is 343 g/mol. The van der Waals surface area contributed by atoms with Crippen LogP contribution in [-0.4, -0.2) is 31.4 Å². The molecule has 130 valence electrons. The molecule has 0 amide bonds. The number of halogens is 1. The molecular formula is C17H17FN4O2S. The van der Waals surface area contributed by atoms with Gasteiger partial charge in [0.05, 0.1) is 11.2 Å². The van der Waals surface area contributed by atoms with Crippen molar-refractivity contribution in [2.45, 2.75) is 6.92 Å². The number of phenolic OH excluding ortho intramolecular Hbond substituents is 1. The van der Waals surface area contributed by atoms with E-state index in [-0.39, 0.29) is 11.4 Å². The lowest BCUT2D eigenvalue weighted by molar-refractivity contribution is 0.469. The number of aromatic hydroxyl groups is 1. The Morgan fingerprint density at radius 3 is 2.72 bits per heavy atom. The summed E-state index contributed by atoms with van der Waals surface area (Å²) in [5.74, 6) is 3.39. The number of nitrogens with one attached hydrogen (secondary N) is 2. The van der Waals surface area contributed by atoms with E-state index in [1.807, 2.05) is 0 Å². The molecule has 3 aromatic rings. The summed E-state index contributed by atoms with van der Waals surface area (Å²) in [4.78, 5) is 8.31. The van der Waals surface area contributed by atoms with E-state index in [1.165, 1.54) is 24.7 Å². The molecule has 2 aromatic carbocycles. The van der Waals surface area contributed by atoms with E-state index in [9.17, 15) is 13.7 Å². The van der Waals surface area contributed by atoms with Crippen molar-refractivity contribution < 1.29 is 13.7 Å². The normalized spacial score (nSPS) is 13.4. The smallest absolute Gasteiger partial charge is 0.147 e. The Balaban J connectivity index is 2.07. The van der Waals surface area contributed by atoms with Gasteiger partial charge in [-0.1, -0.05) is 0 Å². The number of hydrogen-bond acceptors (Lipinski definition) is 5. The highest BCUT2D eigenvalue weighted by molar-refractivity contribution is 8.00. The summed E-state index contributed by atoms with van der Waals surface area (Å²) >= 11 is 0. The highest BCUT2D eigenvalue weighted by Crippen LogP contribution is 2.30. The van der Waals surface area contributed by atoms with Crippen LogP contribution in [0.3, 0.4) is 0 Å². The van der Waals surface area contributed by atoms with Gasteiger partial charge in [0.25, 0.3) is 0 Å². The number of hydrogen-bond donors (Lipinski definition) is 3. The van der Waals surface area contributed by atoms with Crippen molar-refractivity contribution in [1.82, 2.24) is 9.97 Å². The predicted octanol–water partition coefficient (Wildman–Crippen LogP) is 3.20. The topological polar surface area (TPSA) is 87.1 Å². The molecule has 1 aromatic heterocycles. The first-order chi connectivity index (χ1) is 11.7. The summed E-state index contributed by atoms with van der Waals surface area (Å²) in [6.07, 6.45) is 2.84. The van der Waals surface area contributed by atoms with E-state index in [4.69, 9.17) is 0 Å². The van der Waals surface area contributed by atoms with Crippen LogP contribution in [0.1, 0.15) is 5.56 Å². The van der Waals surface area contributed by atoms with Crippen molar-refractivity contribution in [3.8, 4) is 5.75 Å². The van der Waals surface area contributed by atoms with Crippen LogP contribution in [0.25, 0.3) is 10.9 Å². The minimum atomic E-state index is -2.44. The largest absolute Gasteiger partial charge is 0.508 e. The minimum absolute atomic E-state index is 0.0209. The van der Waals surface area contributed by atoms with Crippen LogP contribution in [0.2, 0.25) is 0 Å². The number of fused-ring (bicyclic) bond motifs is 1. The molecule has 25 heavy (non-hydrogen) atoms. The van der Waals surface area contributed by atoms with Crippen molar-refractivity contribution in [1.29, 1.82) is 0 Å². The molecule has 0 saturated heterocycles. The molecule has 0 radical (unpaired) electrons. The monoisotopic (exact) mass is 360 g/mol. The molecule has 0 aliphatic rings. The van der Waals surface area contributed by atoms with E-state index < -0.39 is 15.5 Å². The van der Waals surface area contributed by atoms with E-state index in [0.717, 1.165) is 0 Å². The van der Waals surface area contributed by atoms with Gasteiger partial charge < -0.3 is 15.1 Å². The van der Waals surface area contributed by atoms with Gasteiger partial charge in [0.2, 0.25) is 0 Å². The molecule has 0 bridgehead atoms. The molecule has 3 rings (SSSR count). The van der Waals surface area contributed by atoms with Crippen molar-refractivity contribution in [2.75, 3.05) is 16.3 Å². The molecule has 0 fully saturated rings. The number of anilines is 3. The molecule has 0 spiro atoms. The highest BCUT2D eigenvalue weighted by Gasteiger charge is 2.11. The highest BCUT2D eigenvalue weighted by atomic mass is 32.2. The zero-order valence-electron chi connectivity index (χ0n) is 13.7. The first kappa shape index (κ1) is 17.0. The van der Waals surface area contributed by atoms with Crippen molar-refractivity contribution in [3.63, 3.8) is 0 Å². The predicted molar refractivity (Wildman–Crippen MR) is 100 cm³/mol. The number of benzene rings is 2. The van der Waals surface area contributed by atoms with Crippen LogP contribution in [0, 0.1) is 12.7 Å². The maximum atomic E-state index is 14.1. The zero-order valence-corrected chi connectivity index (χ0v) is 14.5. The Hall–Kier alpha value is -2.87. The van der Waals surface area contributed by atoms with Gasteiger partial charge in [-0.15, -0.1) is 0 Å². The fraction of sp³-hybridized carbons (Fsp3) is 0.118. The van der Waals surface area contributed by atoms with Gasteiger partial charge in [-0.25, -0.2) is 18.6 Å². The summed E-state index contributed by atoms with van der Waals surface area (Å²) in [6.45, 7) is 1.61. The van der Waals surface area contributed by atoms with Crippen LogP contribution >= 0.6 is 0 Å². The Bertz CT molecular complexity index is 1070. The molecule has 1 unspecified atom stereocenters. The lowest BCUT2D eigenvalue weighted by Gasteiger charge is -2.12. The molecule has 1 heterocycles. The number of nitrogens with zero attached hydrogens (tertiary/aromatic N) is 2. The Labute approximate surface area is 144 Å². The third-order valence-corrected chi connectivity index (χ3v) is 4.18. The molecule has 0 aliphatic heterocycles. The molecule has 0 saturated carbocycles. The zero-order chi connectivity index (χ0) is 18.2.